The minimum atomic E-state index is 0.420. The molecular formula is C14H23N3O. The van der Waals surface area contributed by atoms with Crippen molar-refractivity contribution in [1.82, 2.24) is 4.98 Å². The summed E-state index contributed by atoms with van der Waals surface area (Å²) < 4.78 is 5.44. The Balaban J connectivity index is 2.27. The van der Waals surface area contributed by atoms with E-state index in [0.717, 1.165) is 36.7 Å². The van der Waals surface area contributed by atoms with Crippen LogP contribution in [0.5, 0.6) is 0 Å². The van der Waals surface area contributed by atoms with Crippen molar-refractivity contribution in [3.63, 3.8) is 0 Å². The summed E-state index contributed by atoms with van der Waals surface area (Å²) in [5, 5.41) is 0. The van der Waals surface area contributed by atoms with Gasteiger partial charge in [0.2, 0.25) is 0 Å². The highest BCUT2D eigenvalue weighted by Crippen LogP contribution is 2.23. The van der Waals surface area contributed by atoms with E-state index >= 15 is 0 Å². The van der Waals surface area contributed by atoms with Crippen LogP contribution in [0.25, 0.3) is 0 Å². The topological polar surface area (TPSA) is 51.4 Å². The van der Waals surface area contributed by atoms with Gasteiger partial charge in [0.25, 0.3) is 0 Å². The number of hydrogen-bond donors (Lipinski definition) is 1. The molecule has 1 unspecified atom stereocenters. The van der Waals surface area contributed by atoms with Crippen LogP contribution in [0.1, 0.15) is 37.4 Å². The summed E-state index contributed by atoms with van der Waals surface area (Å²) in [7, 11) is 2.09. The van der Waals surface area contributed by atoms with Crippen LogP contribution in [-0.2, 0) is 11.3 Å². The summed E-state index contributed by atoms with van der Waals surface area (Å²) in [6.07, 6.45) is 1.07. The van der Waals surface area contributed by atoms with Crippen molar-refractivity contribution < 1.29 is 4.74 Å². The van der Waals surface area contributed by atoms with Crippen LogP contribution in [0.15, 0.2) is 12.1 Å². The highest BCUT2D eigenvalue weighted by atomic mass is 16.5. The first-order valence-electron chi connectivity index (χ1n) is 6.63. The maximum atomic E-state index is 5.77. The first-order chi connectivity index (χ1) is 8.61. The van der Waals surface area contributed by atoms with E-state index in [1.165, 1.54) is 0 Å². The van der Waals surface area contributed by atoms with Gasteiger partial charge in [-0.25, -0.2) is 4.98 Å². The van der Waals surface area contributed by atoms with Crippen LogP contribution < -0.4 is 10.6 Å². The van der Waals surface area contributed by atoms with Gasteiger partial charge in [0, 0.05) is 25.9 Å². The first-order valence-corrected chi connectivity index (χ1v) is 6.63. The highest BCUT2D eigenvalue weighted by molar-refractivity contribution is 5.43. The summed E-state index contributed by atoms with van der Waals surface area (Å²) >= 11 is 0. The van der Waals surface area contributed by atoms with Crippen molar-refractivity contribution in [1.29, 1.82) is 0 Å². The zero-order valence-corrected chi connectivity index (χ0v) is 11.5. The van der Waals surface area contributed by atoms with E-state index < -0.39 is 0 Å². The molecule has 2 heterocycles. The zero-order valence-electron chi connectivity index (χ0n) is 11.5. The predicted molar refractivity (Wildman–Crippen MR) is 73.8 cm³/mol. The number of aromatic nitrogens is 1. The van der Waals surface area contributed by atoms with Gasteiger partial charge in [0.05, 0.1) is 12.6 Å². The molecule has 4 heteroatoms. The molecule has 1 aromatic rings. The standard InChI is InChI=1S/C14H23N3O/c1-10(2)13-6-11(8-15)7-14(16-13)17(3)12-4-5-18-9-12/h6-7,10,12H,4-5,8-9,15H2,1-3H3. The molecule has 1 aliphatic rings. The molecule has 0 radical (unpaired) electrons. The van der Waals surface area contributed by atoms with E-state index in [1.807, 2.05) is 0 Å². The third-order valence-corrected chi connectivity index (χ3v) is 3.53. The van der Waals surface area contributed by atoms with Gasteiger partial charge in [0.15, 0.2) is 0 Å². The van der Waals surface area contributed by atoms with E-state index in [4.69, 9.17) is 15.5 Å². The Morgan fingerprint density at radius 2 is 2.28 bits per heavy atom. The monoisotopic (exact) mass is 249 g/mol. The molecule has 2 rings (SSSR count). The first kappa shape index (κ1) is 13.3. The van der Waals surface area contributed by atoms with Crippen LogP contribution >= 0.6 is 0 Å². The molecule has 4 nitrogen and oxygen atoms in total. The Bertz CT molecular complexity index is 400. The number of hydrogen-bond acceptors (Lipinski definition) is 4. The van der Waals surface area contributed by atoms with Crippen LogP contribution in [0.3, 0.4) is 0 Å². The van der Waals surface area contributed by atoms with E-state index in [-0.39, 0.29) is 0 Å². The fourth-order valence-electron chi connectivity index (χ4n) is 2.20. The number of likely N-dealkylation sites (N-methyl/N-ethyl adjacent to an activating group) is 1. The van der Waals surface area contributed by atoms with Gasteiger partial charge in [-0.3, -0.25) is 0 Å². The number of ether oxygens (including phenoxy) is 1. The van der Waals surface area contributed by atoms with E-state index in [0.29, 0.717) is 18.5 Å². The molecule has 2 N–H and O–H groups in total. The lowest BCUT2D eigenvalue weighted by atomic mass is 10.1. The van der Waals surface area contributed by atoms with Crippen molar-refractivity contribution in [2.24, 2.45) is 5.73 Å². The fourth-order valence-corrected chi connectivity index (χ4v) is 2.20. The summed E-state index contributed by atoms with van der Waals surface area (Å²) in [6.45, 7) is 6.52. The van der Waals surface area contributed by atoms with Gasteiger partial charge in [0.1, 0.15) is 5.82 Å². The third kappa shape index (κ3) is 2.82. The van der Waals surface area contributed by atoms with Gasteiger partial charge >= 0.3 is 0 Å². The molecule has 0 bridgehead atoms. The Morgan fingerprint density at radius 3 is 2.83 bits per heavy atom. The molecule has 0 aliphatic carbocycles. The van der Waals surface area contributed by atoms with Crippen molar-refractivity contribution in [2.45, 2.75) is 38.8 Å². The van der Waals surface area contributed by atoms with Gasteiger partial charge in [-0.2, -0.15) is 0 Å². The van der Waals surface area contributed by atoms with Crippen LogP contribution in [-0.4, -0.2) is 31.3 Å². The largest absolute Gasteiger partial charge is 0.379 e. The van der Waals surface area contributed by atoms with Crippen LogP contribution in [0.4, 0.5) is 5.82 Å². The van der Waals surface area contributed by atoms with Gasteiger partial charge in [-0.1, -0.05) is 13.8 Å². The molecule has 0 spiro atoms. The number of anilines is 1. The number of rotatable bonds is 4. The molecule has 0 saturated carbocycles. The number of nitrogens with zero attached hydrogens (tertiary/aromatic N) is 2. The van der Waals surface area contributed by atoms with Gasteiger partial charge < -0.3 is 15.4 Å². The molecule has 1 fully saturated rings. The maximum Gasteiger partial charge on any atom is 0.129 e. The third-order valence-electron chi connectivity index (χ3n) is 3.53. The maximum absolute atomic E-state index is 5.77. The molecule has 1 saturated heterocycles. The molecule has 18 heavy (non-hydrogen) atoms. The van der Waals surface area contributed by atoms with Crippen LogP contribution in [0.2, 0.25) is 0 Å². The lowest BCUT2D eigenvalue weighted by Crippen LogP contribution is -2.32. The van der Waals surface area contributed by atoms with Crippen molar-refractivity contribution in [2.75, 3.05) is 25.2 Å². The SMILES string of the molecule is CC(C)c1cc(CN)cc(N(C)C2CCOC2)n1. The summed E-state index contributed by atoms with van der Waals surface area (Å²) in [5.74, 6) is 1.43. The average molecular weight is 249 g/mol. The molecule has 100 valence electrons. The van der Waals surface area contributed by atoms with Crippen molar-refractivity contribution in [3.05, 3.63) is 23.4 Å². The molecule has 0 aromatic carbocycles. The van der Waals surface area contributed by atoms with Gasteiger partial charge in [-0.15, -0.1) is 0 Å². The Kier molecular flexibility index (Phi) is 4.19. The molecule has 1 aliphatic heterocycles. The second-order valence-electron chi connectivity index (χ2n) is 5.25. The molecule has 1 aromatic heterocycles. The van der Waals surface area contributed by atoms with E-state index in [1.54, 1.807) is 0 Å². The Hall–Kier alpha value is -1.13. The Morgan fingerprint density at radius 1 is 1.50 bits per heavy atom. The molecule has 1 atom stereocenters. The summed E-state index contributed by atoms with van der Waals surface area (Å²) in [5.41, 5.74) is 8.03. The second-order valence-corrected chi connectivity index (χ2v) is 5.25. The lowest BCUT2D eigenvalue weighted by molar-refractivity contribution is 0.193. The van der Waals surface area contributed by atoms with Crippen LogP contribution in [0, 0.1) is 0 Å². The van der Waals surface area contributed by atoms with E-state index in [2.05, 4.69) is 37.9 Å². The minimum absolute atomic E-state index is 0.420. The summed E-state index contributed by atoms with van der Waals surface area (Å²) in [4.78, 5) is 6.96. The number of pyridine rings is 1. The number of nitrogens with two attached hydrogens (primary N) is 1. The minimum Gasteiger partial charge on any atom is -0.379 e. The van der Waals surface area contributed by atoms with Crippen molar-refractivity contribution >= 4 is 5.82 Å². The quantitative estimate of drug-likeness (QED) is 0.885. The smallest absolute Gasteiger partial charge is 0.129 e. The normalized spacial score (nSPS) is 19.5. The van der Waals surface area contributed by atoms with Gasteiger partial charge in [-0.05, 0) is 30.0 Å². The average Bonchev–Trinajstić information content (AvgIpc) is 2.91. The second kappa shape index (κ2) is 5.67. The van der Waals surface area contributed by atoms with Crippen molar-refractivity contribution in [3.8, 4) is 0 Å². The molecule has 0 amide bonds. The fraction of sp³-hybridized carbons (Fsp3) is 0.643. The Labute approximate surface area is 109 Å². The lowest BCUT2D eigenvalue weighted by Gasteiger charge is -2.25. The zero-order chi connectivity index (χ0) is 13.1. The predicted octanol–water partition coefficient (Wildman–Crippen LogP) is 1.89. The summed E-state index contributed by atoms with van der Waals surface area (Å²) in [6, 6.07) is 4.63. The molecular weight excluding hydrogens is 226 g/mol. The van der Waals surface area contributed by atoms with E-state index in [9.17, 15) is 0 Å². The highest BCUT2D eigenvalue weighted by Gasteiger charge is 2.22.